The van der Waals surface area contributed by atoms with Gasteiger partial charge in [-0.05, 0) is 12.1 Å². The van der Waals surface area contributed by atoms with E-state index in [1.165, 1.54) is 19.5 Å². The molecule has 21 heavy (non-hydrogen) atoms. The second kappa shape index (κ2) is 6.27. The third-order valence-electron chi connectivity index (χ3n) is 2.52. The van der Waals surface area contributed by atoms with E-state index in [2.05, 4.69) is 35.9 Å². The zero-order valence-corrected chi connectivity index (χ0v) is 13.7. The maximum absolute atomic E-state index is 12.2. The Morgan fingerprint density at radius 2 is 1.86 bits per heavy atom. The molecule has 0 radical (unpaired) electrons. The fourth-order valence-corrected chi connectivity index (χ4v) is 2.94. The van der Waals surface area contributed by atoms with Crippen molar-refractivity contribution in [3.05, 3.63) is 35.1 Å². The fraction of sp³-hybridized carbons (Fsp3) is 0.167. The minimum Gasteiger partial charge on any atom is -0.497 e. The van der Waals surface area contributed by atoms with E-state index in [0.717, 1.165) is 0 Å². The summed E-state index contributed by atoms with van der Waals surface area (Å²) < 4.78 is 32.7. The van der Waals surface area contributed by atoms with E-state index in [4.69, 9.17) is 4.74 Å². The molecule has 9 heteroatoms. The quantitative estimate of drug-likeness (QED) is 0.834. The fourth-order valence-electron chi connectivity index (χ4n) is 1.54. The predicted molar refractivity (Wildman–Crippen MR) is 83.1 cm³/mol. The van der Waals surface area contributed by atoms with Crippen LogP contribution in [-0.4, -0.2) is 32.5 Å². The van der Waals surface area contributed by atoms with Crippen molar-refractivity contribution in [3.8, 4) is 5.75 Å². The third-order valence-corrected chi connectivity index (χ3v) is 4.31. The Morgan fingerprint density at radius 3 is 2.43 bits per heavy atom. The van der Waals surface area contributed by atoms with Gasteiger partial charge in [0.1, 0.15) is 10.6 Å². The van der Waals surface area contributed by atoms with Crippen molar-refractivity contribution < 1.29 is 13.2 Å². The van der Waals surface area contributed by atoms with E-state index < -0.39 is 10.0 Å². The molecule has 0 spiro atoms. The van der Waals surface area contributed by atoms with E-state index in [-0.39, 0.29) is 4.90 Å². The zero-order valence-electron chi connectivity index (χ0n) is 11.3. The number of methoxy groups -OCH3 is 1. The average Bonchev–Trinajstić information content (AvgIpc) is 2.46. The van der Waals surface area contributed by atoms with Gasteiger partial charge in [0, 0.05) is 17.6 Å². The highest BCUT2D eigenvalue weighted by atomic mass is 79.9. The van der Waals surface area contributed by atoms with Gasteiger partial charge in [-0.2, -0.15) is 0 Å². The summed E-state index contributed by atoms with van der Waals surface area (Å²) in [5, 5.41) is 2.72. The van der Waals surface area contributed by atoms with Gasteiger partial charge in [-0.1, -0.05) is 15.9 Å². The lowest BCUT2D eigenvalue weighted by Gasteiger charge is -2.10. The van der Waals surface area contributed by atoms with E-state index in [0.29, 0.717) is 21.9 Å². The summed E-state index contributed by atoms with van der Waals surface area (Å²) in [5.41, 5.74) is 0.374. The van der Waals surface area contributed by atoms with Crippen LogP contribution < -0.4 is 14.8 Å². The van der Waals surface area contributed by atoms with Crippen LogP contribution in [0, 0.1) is 0 Å². The summed E-state index contributed by atoms with van der Waals surface area (Å²) in [7, 11) is -0.607. The Kier molecular flexibility index (Phi) is 4.63. The van der Waals surface area contributed by atoms with Crippen LogP contribution in [0.4, 0.5) is 11.6 Å². The number of nitrogens with zero attached hydrogens (tertiary/aromatic N) is 2. The van der Waals surface area contributed by atoms with Gasteiger partial charge in [-0.15, -0.1) is 0 Å². The first-order valence-corrected chi connectivity index (χ1v) is 8.09. The number of ether oxygens (including phenoxy) is 1. The standard InChI is InChI=1S/C12H13BrN4O3S/c1-14-12-15-6-11(7-16-12)21(18,19)17-9-3-8(13)4-10(5-9)20-2/h3-7,17H,1-2H3,(H,14,15,16). The molecule has 0 unspecified atom stereocenters. The minimum atomic E-state index is -3.76. The van der Waals surface area contributed by atoms with Crippen molar-refractivity contribution in [2.24, 2.45) is 0 Å². The van der Waals surface area contributed by atoms with Gasteiger partial charge in [0.2, 0.25) is 5.95 Å². The van der Waals surface area contributed by atoms with Crippen molar-refractivity contribution in [1.29, 1.82) is 0 Å². The molecule has 2 aromatic rings. The van der Waals surface area contributed by atoms with Gasteiger partial charge in [0.15, 0.2) is 0 Å². The lowest BCUT2D eigenvalue weighted by Crippen LogP contribution is -2.14. The van der Waals surface area contributed by atoms with Crippen LogP contribution in [-0.2, 0) is 10.0 Å². The van der Waals surface area contributed by atoms with Gasteiger partial charge >= 0.3 is 0 Å². The first kappa shape index (κ1) is 15.5. The number of halogens is 1. The molecule has 2 N–H and O–H groups in total. The van der Waals surface area contributed by atoms with E-state index in [1.54, 1.807) is 25.2 Å². The molecule has 0 aliphatic carbocycles. The number of anilines is 2. The summed E-state index contributed by atoms with van der Waals surface area (Å²) in [5.74, 6) is 0.877. The van der Waals surface area contributed by atoms with Gasteiger partial charge in [-0.3, -0.25) is 4.72 Å². The van der Waals surface area contributed by atoms with E-state index in [1.807, 2.05) is 0 Å². The number of sulfonamides is 1. The van der Waals surface area contributed by atoms with Crippen molar-refractivity contribution in [3.63, 3.8) is 0 Å². The molecule has 0 bridgehead atoms. The third kappa shape index (κ3) is 3.82. The molecule has 7 nitrogen and oxygen atoms in total. The largest absolute Gasteiger partial charge is 0.497 e. The molecular weight excluding hydrogens is 360 g/mol. The van der Waals surface area contributed by atoms with Crippen LogP contribution in [0.25, 0.3) is 0 Å². The Morgan fingerprint density at radius 1 is 1.19 bits per heavy atom. The van der Waals surface area contributed by atoms with Crippen LogP contribution in [0.5, 0.6) is 5.75 Å². The van der Waals surface area contributed by atoms with E-state index in [9.17, 15) is 8.42 Å². The predicted octanol–water partition coefficient (Wildman–Crippen LogP) is 2.09. The van der Waals surface area contributed by atoms with Gasteiger partial charge in [0.25, 0.3) is 10.0 Å². The second-order valence-electron chi connectivity index (χ2n) is 3.98. The van der Waals surface area contributed by atoms with Crippen molar-refractivity contribution in [2.45, 2.75) is 4.90 Å². The molecule has 112 valence electrons. The smallest absolute Gasteiger partial charge is 0.264 e. The SMILES string of the molecule is CNc1ncc(S(=O)(=O)Nc2cc(Br)cc(OC)c2)cn1. The highest BCUT2D eigenvalue weighted by Gasteiger charge is 2.16. The summed E-state index contributed by atoms with van der Waals surface area (Å²) in [6.07, 6.45) is 2.47. The van der Waals surface area contributed by atoms with Crippen molar-refractivity contribution >= 4 is 37.6 Å². The second-order valence-corrected chi connectivity index (χ2v) is 6.58. The minimum absolute atomic E-state index is 0.0274. The van der Waals surface area contributed by atoms with Crippen molar-refractivity contribution in [2.75, 3.05) is 24.2 Å². The number of hydrogen-bond donors (Lipinski definition) is 2. The first-order chi connectivity index (χ1) is 9.94. The first-order valence-electron chi connectivity index (χ1n) is 5.82. The lowest BCUT2D eigenvalue weighted by molar-refractivity contribution is 0.415. The Labute approximate surface area is 130 Å². The topological polar surface area (TPSA) is 93.2 Å². The normalized spacial score (nSPS) is 11.0. The Hall–Kier alpha value is -1.87. The van der Waals surface area contributed by atoms with Crippen LogP contribution in [0.3, 0.4) is 0 Å². The molecule has 0 aliphatic heterocycles. The average molecular weight is 373 g/mol. The summed E-state index contributed by atoms with van der Waals surface area (Å²) in [6, 6.07) is 4.93. The summed E-state index contributed by atoms with van der Waals surface area (Å²) >= 11 is 3.29. The van der Waals surface area contributed by atoms with Gasteiger partial charge < -0.3 is 10.1 Å². The molecule has 0 amide bonds. The number of hydrogen-bond acceptors (Lipinski definition) is 6. The highest BCUT2D eigenvalue weighted by Crippen LogP contribution is 2.26. The number of benzene rings is 1. The molecule has 1 heterocycles. The molecule has 0 saturated heterocycles. The molecule has 1 aromatic heterocycles. The molecule has 0 saturated carbocycles. The van der Waals surface area contributed by atoms with Gasteiger partial charge in [0.05, 0.1) is 25.2 Å². The molecule has 0 aliphatic rings. The van der Waals surface area contributed by atoms with Crippen molar-refractivity contribution in [1.82, 2.24) is 9.97 Å². The lowest BCUT2D eigenvalue weighted by atomic mass is 10.3. The molecule has 1 aromatic carbocycles. The maximum Gasteiger partial charge on any atom is 0.264 e. The molecule has 0 fully saturated rings. The molecular formula is C12H13BrN4O3S. The number of nitrogens with one attached hydrogen (secondary N) is 2. The Bertz CT molecular complexity index is 735. The van der Waals surface area contributed by atoms with Crippen LogP contribution in [0.1, 0.15) is 0 Å². The Balaban J connectivity index is 2.30. The molecule has 0 atom stereocenters. The van der Waals surface area contributed by atoms with Crippen LogP contribution in [0.15, 0.2) is 40.0 Å². The number of aromatic nitrogens is 2. The zero-order chi connectivity index (χ0) is 15.5. The highest BCUT2D eigenvalue weighted by molar-refractivity contribution is 9.10. The number of rotatable bonds is 5. The maximum atomic E-state index is 12.2. The van der Waals surface area contributed by atoms with E-state index >= 15 is 0 Å². The van der Waals surface area contributed by atoms with Gasteiger partial charge in [-0.25, -0.2) is 18.4 Å². The monoisotopic (exact) mass is 372 g/mol. The van der Waals surface area contributed by atoms with Crippen LogP contribution in [0.2, 0.25) is 0 Å². The van der Waals surface area contributed by atoms with Crippen LogP contribution >= 0.6 is 15.9 Å². The summed E-state index contributed by atoms with van der Waals surface area (Å²) in [6.45, 7) is 0. The summed E-state index contributed by atoms with van der Waals surface area (Å²) in [4.78, 5) is 7.73. The molecule has 2 rings (SSSR count).